The largest absolute Gasteiger partial charge is 0.337 e. The Bertz CT molecular complexity index is 237. The third-order valence-electron chi connectivity index (χ3n) is 3.49. The molecule has 5 heteroatoms. The molecule has 0 aromatic carbocycles. The lowest BCUT2D eigenvalue weighted by atomic mass is 10.0. The predicted octanol–water partition coefficient (Wildman–Crippen LogP) is -0.0342. The summed E-state index contributed by atoms with van der Waals surface area (Å²) in [5.41, 5.74) is 5.77. The van der Waals surface area contributed by atoms with Crippen molar-refractivity contribution in [1.82, 2.24) is 10.2 Å². The molecule has 0 saturated carbocycles. The molecule has 2 aliphatic heterocycles. The van der Waals surface area contributed by atoms with Gasteiger partial charge in [0.2, 0.25) is 5.91 Å². The van der Waals surface area contributed by atoms with E-state index in [2.05, 4.69) is 5.32 Å². The van der Waals surface area contributed by atoms with E-state index in [0.29, 0.717) is 12.0 Å². The summed E-state index contributed by atoms with van der Waals surface area (Å²) in [5.74, 6) is 0.812. The quantitative estimate of drug-likeness (QED) is 0.704. The van der Waals surface area contributed by atoms with Gasteiger partial charge in [-0.05, 0) is 18.8 Å². The van der Waals surface area contributed by atoms with Gasteiger partial charge in [-0.25, -0.2) is 0 Å². The molecular weight excluding hydrogens is 214 g/mol. The molecule has 2 rings (SSSR count). The fourth-order valence-electron chi connectivity index (χ4n) is 2.51. The number of carbonyl (C=O) groups is 1. The summed E-state index contributed by atoms with van der Waals surface area (Å²) >= 11 is 0. The van der Waals surface area contributed by atoms with Crippen LogP contribution < -0.4 is 11.1 Å². The van der Waals surface area contributed by atoms with Crippen LogP contribution in [0.25, 0.3) is 0 Å². The molecule has 2 saturated heterocycles. The maximum atomic E-state index is 11.9. The maximum Gasteiger partial charge on any atom is 0.239 e. The second kappa shape index (κ2) is 5.14. The van der Waals surface area contributed by atoms with Gasteiger partial charge in [0.25, 0.3) is 0 Å². The number of hydrogen-bond donors (Lipinski definition) is 2. The topological polar surface area (TPSA) is 58.4 Å². The fourth-order valence-corrected chi connectivity index (χ4v) is 2.51. The zero-order valence-corrected chi connectivity index (χ0v) is 9.93. The summed E-state index contributed by atoms with van der Waals surface area (Å²) < 4.78 is 0. The molecule has 0 spiro atoms. The van der Waals surface area contributed by atoms with Crippen LogP contribution in [0.15, 0.2) is 0 Å². The molecule has 2 aliphatic rings. The third-order valence-corrected chi connectivity index (χ3v) is 3.49. The lowest BCUT2D eigenvalue weighted by molar-refractivity contribution is -0.133. The first-order valence-electron chi connectivity index (χ1n) is 5.50. The van der Waals surface area contributed by atoms with Crippen LogP contribution in [-0.2, 0) is 4.79 Å². The number of nitrogens with zero attached hydrogens (tertiary/aromatic N) is 1. The number of amides is 1. The molecule has 3 atom stereocenters. The highest BCUT2D eigenvalue weighted by molar-refractivity contribution is 5.85. The molecule has 88 valence electrons. The van der Waals surface area contributed by atoms with E-state index < -0.39 is 0 Å². The normalized spacial score (nSPS) is 30.9. The summed E-state index contributed by atoms with van der Waals surface area (Å²) in [6.45, 7) is 4.88. The zero-order chi connectivity index (χ0) is 10.1. The average molecular weight is 234 g/mol. The molecule has 0 aliphatic carbocycles. The van der Waals surface area contributed by atoms with Crippen molar-refractivity contribution in [3.8, 4) is 0 Å². The van der Waals surface area contributed by atoms with Crippen molar-refractivity contribution in [2.75, 3.05) is 19.6 Å². The van der Waals surface area contributed by atoms with E-state index >= 15 is 0 Å². The molecule has 4 nitrogen and oxygen atoms in total. The zero-order valence-electron chi connectivity index (χ0n) is 9.11. The lowest BCUT2D eigenvalue weighted by Gasteiger charge is -2.25. The molecule has 2 fully saturated rings. The Balaban J connectivity index is 0.00000112. The van der Waals surface area contributed by atoms with E-state index in [1.54, 1.807) is 0 Å². The lowest BCUT2D eigenvalue weighted by Crippen LogP contribution is -2.47. The number of hydrogen-bond acceptors (Lipinski definition) is 3. The summed E-state index contributed by atoms with van der Waals surface area (Å²) in [6, 6.07) is 0.120. The monoisotopic (exact) mass is 233 g/mol. The number of carbonyl (C=O) groups excluding carboxylic acids is 1. The number of likely N-dealkylation sites (tertiary alicyclic amines) is 1. The van der Waals surface area contributed by atoms with Crippen LogP contribution in [-0.4, -0.2) is 42.5 Å². The van der Waals surface area contributed by atoms with Crippen LogP contribution in [0.1, 0.15) is 19.8 Å². The number of fused-ring (bicyclic) bond motifs is 1. The summed E-state index contributed by atoms with van der Waals surface area (Å²) in [5, 5.41) is 3.33. The first-order chi connectivity index (χ1) is 6.74. The molecule has 3 N–H and O–H groups in total. The van der Waals surface area contributed by atoms with Crippen LogP contribution in [0.3, 0.4) is 0 Å². The first-order valence-corrected chi connectivity index (χ1v) is 5.50. The molecule has 0 aromatic heterocycles. The van der Waals surface area contributed by atoms with Gasteiger partial charge in [0.05, 0.1) is 6.04 Å². The standard InChI is InChI=1S/C10H19N3O.ClH/c1-2-8(11)10(14)13-4-3-7-5-12-6-9(7)13;/h7-9,12H,2-6,11H2,1H3;1H/t7-,8?,9+;/m0./s1. The SMILES string of the molecule is CCC(N)C(=O)N1CC[C@H]2CNC[C@H]21.Cl. The Hall–Kier alpha value is -0.320. The van der Waals surface area contributed by atoms with Gasteiger partial charge >= 0.3 is 0 Å². The number of halogens is 1. The van der Waals surface area contributed by atoms with Crippen LogP contribution in [0, 0.1) is 5.92 Å². The van der Waals surface area contributed by atoms with Crippen molar-refractivity contribution in [2.24, 2.45) is 11.7 Å². The van der Waals surface area contributed by atoms with Crippen molar-refractivity contribution in [1.29, 1.82) is 0 Å². The number of nitrogens with one attached hydrogen (secondary N) is 1. The molecule has 1 amide bonds. The van der Waals surface area contributed by atoms with Gasteiger partial charge in [-0.1, -0.05) is 6.92 Å². The Morgan fingerprint density at radius 1 is 1.60 bits per heavy atom. The van der Waals surface area contributed by atoms with Gasteiger partial charge in [0.1, 0.15) is 0 Å². The van der Waals surface area contributed by atoms with Crippen molar-refractivity contribution in [3.63, 3.8) is 0 Å². The van der Waals surface area contributed by atoms with Crippen molar-refractivity contribution >= 4 is 18.3 Å². The van der Waals surface area contributed by atoms with Crippen LogP contribution in [0.2, 0.25) is 0 Å². The minimum absolute atomic E-state index is 0. The van der Waals surface area contributed by atoms with Crippen molar-refractivity contribution in [3.05, 3.63) is 0 Å². The van der Waals surface area contributed by atoms with Crippen molar-refractivity contribution in [2.45, 2.75) is 31.8 Å². The van der Waals surface area contributed by atoms with E-state index in [1.807, 2.05) is 11.8 Å². The molecular formula is C10H20ClN3O. The van der Waals surface area contributed by atoms with Gasteiger partial charge in [-0.3, -0.25) is 4.79 Å². The molecule has 0 radical (unpaired) electrons. The fraction of sp³-hybridized carbons (Fsp3) is 0.900. The van der Waals surface area contributed by atoms with E-state index in [9.17, 15) is 4.79 Å². The smallest absolute Gasteiger partial charge is 0.239 e. The average Bonchev–Trinajstić information content (AvgIpc) is 2.76. The Kier molecular flexibility index (Phi) is 4.37. The highest BCUT2D eigenvalue weighted by Crippen LogP contribution is 2.27. The third kappa shape index (κ3) is 2.27. The second-order valence-corrected chi connectivity index (χ2v) is 4.32. The van der Waals surface area contributed by atoms with E-state index in [4.69, 9.17) is 5.73 Å². The van der Waals surface area contributed by atoms with E-state index in [0.717, 1.165) is 32.5 Å². The number of nitrogens with two attached hydrogens (primary N) is 1. The van der Waals surface area contributed by atoms with Crippen LogP contribution in [0.5, 0.6) is 0 Å². The Morgan fingerprint density at radius 3 is 3.00 bits per heavy atom. The predicted molar refractivity (Wildman–Crippen MR) is 62.0 cm³/mol. The van der Waals surface area contributed by atoms with Gasteiger partial charge in [0.15, 0.2) is 0 Å². The second-order valence-electron chi connectivity index (χ2n) is 4.32. The highest BCUT2D eigenvalue weighted by Gasteiger charge is 2.40. The first kappa shape index (κ1) is 12.7. The molecule has 2 heterocycles. The minimum atomic E-state index is -0.297. The van der Waals surface area contributed by atoms with Crippen molar-refractivity contribution < 1.29 is 4.79 Å². The molecule has 0 aromatic rings. The van der Waals surface area contributed by atoms with Crippen LogP contribution in [0.4, 0.5) is 0 Å². The minimum Gasteiger partial charge on any atom is -0.337 e. The Labute approximate surface area is 97.0 Å². The summed E-state index contributed by atoms with van der Waals surface area (Å²) in [4.78, 5) is 13.9. The molecule has 1 unspecified atom stereocenters. The number of rotatable bonds is 2. The van der Waals surface area contributed by atoms with E-state index in [-0.39, 0.29) is 24.4 Å². The maximum absolute atomic E-state index is 11.9. The summed E-state index contributed by atoms with van der Waals surface area (Å²) in [7, 11) is 0. The van der Waals surface area contributed by atoms with Gasteiger partial charge in [-0.15, -0.1) is 12.4 Å². The van der Waals surface area contributed by atoms with Gasteiger partial charge in [-0.2, -0.15) is 0 Å². The van der Waals surface area contributed by atoms with Gasteiger partial charge < -0.3 is 16.0 Å². The van der Waals surface area contributed by atoms with E-state index in [1.165, 1.54) is 0 Å². The summed E-state index contributed by atoms with van der Waals surface area (Å²) in [6.07, 6.45) is 1.87. The van der Waals surface area contributed by atoms with Gasteiger partial charge in [0, 0.05) is 25.7 Å². The highest BCUT2D eigenvalue weighted by atomic mass is 35.5. The van der Waals surface area contributed by atoms with Crippen LogP contribution >= 0.6 is 12.4 Å². The molecule has 15 heavy (non-hydrogen) atoms. The Morgan fingerprint density at radius 2 is 2.33 bits per heavy atom. The molecule has 0 bridgehead atoms.